The molecule has 0 fully saturated rings. The molecular weight excluding hydrogens is 494 g/mol. The monoisotopic (exact) mass is 506 g/mol. The summed E-state index contributed by atoms with van der Waals surface area (Å²) in [7, 11) is -4.39. The van der Waals surface area contributed by atoms with Crippen molar-refractivity contribution in [2.75, 3.05) is 4.31 Å². The topological polar surface area (TPSA) is 165 Å². The summed E-state index contributed by atoms with van der Waals surface area (Å²) in [5.74, 6) is -0.310. The predicted octanol–water partition coefficient (Wildman–Crippen LogP) is 3.24. The van der Waals surface area contributed by atoms with Gasteiger partial charge in [-0.3, -0.25) is 8.51 Å². The number of benzene rings is 3. The smallest absolute Gasteiger partial charge is 0.361 e. The first-order valence-corrected chi connectivity index (χ1v) is 12.1. The molecule has 0 bridgehead atoms. The van der Waals surface area contributed by atoms with E-state index in [4.69, 9.17) is 19.1 Å². The molecular formula is C23H12N3O7S2-. The van der Waals surface area contributed by atoms with E-state index >= 15 is 0 Å². The molecule has 0 radical (unpaired) electrons. The van der Waals surface area contributed by atoms with Crippen molar-refractivity contribution < 1.29 is 25.8 Å². The highest BCUT2D eigenvalue weighted by Gasteiger charge is 2.22. The van der Waals surface area contributed by atoms with Crippen LogP contribution in [0.3, 0.4) is 0 Å². The molecule has 0 saturated carbocycles. The zero-order chi connectivity index (χ0) is 25.2. The maximum Gasteiger partial charge on any atom is 0.361 e. The fraction of sp³-hybridized carbons (Fsp3) is 0. The second-order valence-electron chi connectivity index (χ2n) is 6.94. The third kappa shape index (κ3) is 4.76. The van der Waals surface area contributed by atoms with Gasteiger partial charge >= 0.3 is 15.7 Å². The molecule has 10 nitrogen and oxygen atoms in total. The van der Waals surface area contributed by atoms with Crippen molar-refractivity contribution in [1.29, 1.82) is 10.5 Å². The van der Waals surface area contributed by atoms with Gasteiger partial charge in [-0.2, -0.15) is 18.9 Å². The number of hydrogen-bond donors (Lipinski definition) is 0. The Balaban J connectivity index is 1.81. The molecule has 0 spiro atoms. The van der Waals surface area contributed by atoms with Crippen molar-refractivity contribution in [2.45, 2.75) is 4.90 Å². The Morgan fingerprint density at radius 3 is 2.29 bits per heavy atom. The molecule has 0 aliphatic carbocycles. The standard InChI is InChI=1S/C23H13N3O7S2/c24-13-15-4-1-7-18(10-15)26(34(28)29)20-12-17-6-3-9-21(22(17)32-23(20)27)33-35(30,31)19-8-2-5-16(11-19)14-25/h1-12H,(H,28,29)/p-1. The number of para-hydroxylation sites is 1. The van der Waals surface area contributed by atoms with Gasteiger partial charge in [-0.05, 0) is 48.5 Å². The highest BCUT2D eigenvalue weighted by atomic mass is 32.2. The van der Waals surface area contributed by atoms with E-state index in [9.17, 15) is 22.0 Å². The van der Waals surface area contributed by atoms with Gasteiger partial charge in [0.05, 0.1) is 40.2 Å². The van der Waals surface area contributed by atoms with Crippen molar-refractivity contribution in [1.82, 2.24) is 0 Å². The Morgan fingerprint density at radius 2 is 1.60 bits per heavy atom. The minimum Gasteiger partial charge on any atom is -0.755 e. The molecule has 174 valence electrons. The van der Waals surface area contributed by atoms with Gasteiger partial charge in [-0.1, -0.05) is 24.3 Å². The molecule has 0 aliphatic heterocycles. The lowest BCUT2D eigenvalue weighted by Crippen LogP contribution is -2.25. The van der Waals surface area contributed by atoms with Crippen molar-refractivity contribution in [3.63, 3.8) is 0 Å². The number of anilines is 2. The quantitative estimate of drug-likeness (QED) is 0.217. The van der Waals surface area contributed by atoms with Crippen LogP contribution in [0, 0.1) is 22.7 Å². The molecule has 1 heterocycles. The van der Waals surface area contributed by atoms with Crippen molar-refractivity contribution >= 4 is 43.7 Å². The summed E-state index contributed by atoms with van der Waals surface area (Å²) >= 11 is -2.96. The summed E-state index contributed by atoms with van der Waals surface area (Å²) in [4.78, 5) is 12.5. The largest absolute Gasteiger partial charge is 0.755 e. The maximum absolute atomic E-state index is 12.8. The Kier molecular flexibility index (Phi) is 6.36. The molecule has 0 amide bonds. The van der Waals surface area contributed by atoms with E-state index in [0.29, 0.717) is 4.31 Å². The van der Waals surface area contributed by atoms with Crippen LogP contribution in [0.5, 0.6) is 5.75 Å². The van der Waals surface area contributed by atoms with Gasteiger partial charge in [0.1, 0.15) is 10.6 Å². The summed E-state index contributed by atoms with van der Waals surface area (Å²) in [5.41, 5.74) is -1.41. The van der Waals surface area contributed by atoms with E-state index < -0.39 is 27.0 Å². The molecule has 1 atom stereocenters. The Labute approximate surface area is 201 Å². The van der Waals surface area contributed by atoms with Gasteiger partial charge in [0, 0.05) is 5.39 Å². The van der Waals surface area contributed by atoms with Gasteiger partial charge in [-0.15, -0.1) is 0 Å². The zero-order valence-corrected chi connectivity index (χ0v) is 19.1. The van der Waals surface area contributed by atoms with Gasteiger partial charge in [0.2, 0.25) is 0 Å². The first-order valence-electron chi connectivity index (χ1n) is 9.65. The Hall–Kier alpha value is -4.49. The van der Waals surface area contributed by atoms with Crippen LogP contribution in [-0.4, -0.2) is 17.2 Å². The predicted molar refractivity (Wildman–Crippen MR) is 124 cm³/mol. The minimum atomic E-state index is -4.39. The van der Waals surface area contributed by atoms with E-state index in [0.717, 1.165) is 6.07 Å². The lowest BCUT2D eigenvalue weighted by Gasteiger charge is -2.25. The van der Waals surface area contributed by atoms with E-state index in [2.05, 4.69) is 0 Å². The molecule has 4 aromatic rings. The van der Waals surface area contributed by atoms with E-state index in [-0.39, 0.29) is 44.1 Å². The van der Waals surface area contributed by atoms with Gasteiger partial charge in [-0.25, -0.2) is 4.79 Å². The second-order valence-corrected chi connectivity index (χ2v) is 9.29. The van der Waals surface area contributed by atoms with Crippen LogP contribution in [-0.2, 0) is 21.4 Å². The molecule has 35 heavy (non-hydrogen) atoms. The van der Waals surface area contributed by atoms with Crippen LogP contribution in [0.15, 0.2) is 86.9 Å². The summed E-state index contributed by atoms with van der Waals surface area (Å²) in [5, 5.41) is 18.3. The van der Waals surface area contributed by atoms with Crippen LogP contribution >= 0.6 is 0 Å². The normalized spacial score (nSPS) is 11.9. The summed E-state index contributed by atoms with van der Waals surface area (Å²) < 4.78 is 60.6. The number of nitrogens with zero attached hydrogens (tertiary/aromatic N) is 3. The fourth-order valence-corrected chi connectivity index (χ4v) is 4.76. The SMILES string of the molecule is N#Cc1cccc(N(c2cc3cccc(OS(=O)(=O)c4cccc(C#N)c4)c3oc2=O)S(=O)[O-])c1. The fourth-order valence-electron chi connectivity index (χ4n) is 3.21. The average Bonchev–Trinajstić information content (AvgIpc) is 2.85. The van der Waals surface area contributed by atoms with Crippen molar-refractivity contribution in [3.05, 3.63) is 94.3 Å². The summed E-state index contributed by atoms with van der Waals surface area (Å²) in [6.45, 7) is 0. The lowest BCUT2D eigenvalue weighted by molar-refractivity contribution is 0.475. The first kappa shape index (κ1) is 23.7. The molecule has 1 aromatic heterocycles. The molecule has 1 unspecified atom stereocenters. The molecule has 0 aliphatic rings. The van der Waals surface area contributed by atoms with E-state index in [1.54, 1.807) is 0 Å². The van der Waals surface area contributed by atoms with E-state index in [1.165, 1.54) is 66.7 Å². The molecule has 4 rings (SSSR count). The third-order valence-electron chi connectivity index (χ3n) is 4.73. The van der Waals surface area contributed by atoms with Crippen LogP contribution in [0.1, 0.15) is 11.1 Å². The minimum absolute atomic E-state index is 0.0244. The average molecular weight is 506 g/mol. The molecule has 0 saturated heterocycles. The van der Waals surface area contributed by atoms with Gasteiger partial charge in [0.25, 0.3) is 0 Å². The molecule has 0 N–H and O–H groups in total. The van der Waals surface area contributed by atoms with Crippen molar-refractivity contribution in [2.24, 2.45) is 0 Å². The van der Waals surface area contributed by atoms with Crippen LogP contribution in [0.2, 0.25) is 0 Å². The molecule has 12 heteroatoms. The third-order valence-corrected chi connectivity index (χ3v) is 6.67. The van der Waals surface area contributed by atoms with E-state index in [1.807, 2.05) is 12.1 Å². The summed E-state index contributed by atoms with van der Waals surface area (Å²) in [6, 6.07) is 19.8. The Morgan fingerprint density at radius 1 is 0.943 bits per heavy atom. The maximum atomic E-state index is 12.8. The number of fused-ring (bicyclic) bond motifs is 1. The zero-order valence-electron chi connectivity index (χ0n) is 17.4. The number of rotatable bonds is 6. The van der Waals surface area contributed by atoms with Crippen LogP contribution in [0.25, 0.3) is 11.0 Å². The van der Waals surface area contributed by atoms with Gasteiger partial charge in [0.15, 0.2) is 11.3 Å². The lowest BCUT2D eigenvalue weighted by atomic mass is 10.2. The summed E-state index contributed by atoms with van der Waals surface area (Å²) in [6.07, 6.45) is 0. The number of hydrogen-bond acceptors (Lipinski definition) is 9. The van der Waals surface area contributed by atoms with Crippen molar-refractivity contribution in [3.8, 4) is 17.9 Å². The van der Waals surface area contributed by atoms with Crippen LogP contribution < -0.4 is 14.1 Å². The Bertz CT molecular complexity index is 1730. The second kappa shape index (κ2) is 9.40. The first-order chi connectivity index (χ1) is 16.7. The van der Waals surface area contributed by atoms with Crippen LogP contribution in [0.4, 0.5) is 11.4 Å². The highest BCUT2D eigenvalue weighted by molar-refractivity contribution is 7.87. The molecule has 3 aromatic carbocycles. The number of nitriles is 2. The van der Waals surface area contributed by atoms with Gasteiger partial charge < -0.3 is 13.2 Å². The highest BCUT2D eigenvalue weighted by Crippen LogP contribution is 2.32.